The summed E-state index contributed by atoms with van der Waals surface area (Å²) in [5.74, 6) is -1.34. The highest BCUT2D eigenvalue weighted by molar-refractivity contribution is 6.06. The first-order valence-electron chi connectivity index (χ1n) is 9.63. The van der Waals surface area contributed by atoms with Gasteiger partial charge in [-0.3, -0.25) is 4.79 Å². The van der Waals surface area contributed by atoms with Crippen molar-refractivity contribution < 1.29 is 19.8 Å². The number of carbonyl (C=O) groups excluding carboxylic acids is 1. The number of benzene rings is 1. The molecule has 0 atom stereocenters. The predicted octanol–water partition coefficient (Wildman–Crippen LogP) is 3.24. The zero-order valence-electron chi connectivity index (χ0n) is 15.5. The zero-order chi connectivity index (χ0) is 19.1. The van der Waals surface area contributed by atoms with E-state index < -0.39 is 5.97 Å². The van der Waals surface area contributed by atoms with Crippen LogP contribution in [0.25, 0.3) is 10.9 Å². The van der Waals surface area contributed by atoms with Gasteiger partial charge < -0.3 is 15.1 Å². The number of likely N-dealkylation sites (tertiary alicyclic amines) is 1. The number of nitrogens with zero attached hydrogens (tertiary/aromatic N) is 2. The molecule has 1 aliphatic carbocycles. The van der Waals surface area contributed by atoms with E-state index in [1.807, 2.05) is 6.07 Å². The normalized spacial score (nSPS) is 17.7. The Morgan fingerprint density at radius 3 is 2.52 bits per heavy atom. The van der Waals surface area contributed by atoms with Crippen molar-refractivity contribution in [3.63, 3.8) is 0 Å². The van der Waals surface area contributed by atoms with Crippen molar-refractivity contribution in [3.05, 3.63) is 34.5 Å². The third-order valence-electron chi connectivity index (χ3n) is 6.02. The summed E-state index contributed by atoms with van der Waals surface area (Å²) in [5.41, 5.74) is 3.52. The number of carbonyl (C=O) groups is 2. The predicted molar refractivity (Wildman–Crippen MR) is 101 cm³/mol. The van der Waals surface area contributed by atoms with Gasteiger partial charge in [-0.25, -0.2) is 9.78 Å². The number of aryl methyl sites for hydroxylation is 2. The molecular weight excluding hydrogens is 344 g/mol. The Bertz CT molecular complexity index is 930. The van der Waals surface area contributed by atoms with Crippen molar-refractivity contribution in [2.45, 2.75) is 51.4 Å². The van der Waals surface area contributed by atoms with Gasteiger partial charge in [0.05, 0.1) is 11.2 Å². The summed E-state index contributed by atoms with van der Waals surface area (Å²) in [6.07, 6.45) is 5.45. The molecule has 2 heterocycles. The Hall–Kier alpha value is -2.63. The van der Waals surface area contributed by atoms with Crippen molar-refractivity contribution >= 4 is 22.8 Å². The first-order valence-corrected chi connectivity index (χ1v) is 9.63. The molecule has 1 amide bonds. The van der Waals surface area contributed by atoms with E-state index in [9.17, 15) is 19.8 Å². The molecule has 0 unspecified atom stereocenters. The van der Waals surface area contributed by atoms with E-state index in [0.29, 0.717) is 37.0 Å². The van der Waals surface area contributed by atoms with Gasteiger partial charge in [0.2, 0.25) is 5.91 Å². The van der Waals surface area contributed by atoms with Crippen LogP contribution in [0.2, 0.25) is 0 Å². The van der Waals surface area contributed by atoms with Gasteiger partial charge in [-0.1, -0.05) is 12.1 Å². The van der Waals surface area contributed by atoms with Gasteiger partial charge in [-0.15, -0.1) is 0 Å². The molecule has 0 saturated carbocycles. The van der Waals surface area contributed by atoms with Crippen molar-refractivity contribution in [2.24, 2.45) is 0 Å². The quantitative estimate of drug-likeness (QED) is 0.849. The molecule has 1 aromatic carbocycles. The fraction of sp³-hybridized carbons (Fsp3) is 0.476. The lowest BCUT2D eigenvalue weighted by atomic mass is 9.86. The van der Waals surface area contributed by atoms with Crippen LogP contribution in [0.4, 0.5) is 0 Å². The van der Waals surface area contributed by atoms with Crippen molar-refractivity contribution in [2.75, 3.05) is 13.1 Å². The molecule has 0 bridgehead atoms. The average Bonchev–Trinajstić information content (AvgIpc) is 2.67. The zero-order valence-corrected chi connectivity index (χ0v) is 15.5. The van der Waals surface area contributed by atoms with Crippen LogP contribution in [0.1, 0.15) is 65.7 Å². The number of fused-ring (bicyclic) bond motifs is 3. The number of hydrogen-bond acceptors (Lipinski definition) is 4. The van der Waals surface area contributed by atoms with Crippen molar-refractivity contribution in [3.8, 4) is 5.75 Å². The summed E-state index contributed by atoms with van der Waals surface area (Å²) in [6.45, 7) is 2.77. The van der Waals surface area contributed by atoms with Crippen LogP contribution >= 0.6 is 0 Å². The standard InChI is InChI=1S/C21H24N2O4/c1-12(24)23-10-8-14(9-11-23)18-20(25)17(21(26)27)16-7-6-13-4-2-3-5-15(13)19(16)22-18/h6-7,14,25H,2-5,8-11H2,1H3,(H,26,27). The monoisotopic (exact) mass is 368 g/mol. The van der Waals surface area contributed by atoms with Gasteiger partial charge >= 0.3 is 5.97 Å². The molecule has 1 aromatic heterocycles. The minimum absolute atomic E-state index is 0.0393. The summed E-state index contributed by atoms with van der Waals surface area (Å²) < 4.78 is 0. The molecule has 1 aliphatic heterocycles. The number of carboxylic acids is 1. The second-order valence-electron chi connectivity index (χ2n) is 7.61. The highest BCUT2D eigenvalue weighted by atomic mass is 16.4. The van der Waals surface area contributed by atoms with Crippen LogP contribution in [0.5, 0.6) is 5.75 Å². The van der Waals surface area contributed by atoms with Crippen LogP contribution in [0.3, 0.4) is 0 Å². The Morgan fingerprint density at radius 2 is 1.85 bits per heavy atom. The minimum atomic E-state index is -1.13. The fourth-order valence-corrected chi connectivity index (χ4v) is 4.54. The fourth-order valence-electron chi connectivity index (χ4n) is 4.54. The molecule has 4 rings (SSSR count). The molecule has 6 nitrogen and oxygen atoms in total. The van der Waals surface area contributed by atoms with Crippen molar-refractivity contribution in [1.29, 1.82) is 0 Å². The summed E-state index contributed by atoms with van der Waals surface area (Å²) in [7, 11) is 0. The molecule has 2 N–H and O–H groups in total. The largest absolute Gasteiger partial charge is 0.505 e. The first-order chi connectivity index (χ1) is 13.0. The lowest BCUT2D eigenvalue weighted by Gasteiger charge is -2.31. The van der Waals surface area contributed by atoms with Crippen LogP contribution in [0.15, 0.2) is 12.1 Å². The summed E-state index contributed by atoms with van der Waals surface area (Å²) >= 11 is 0. The molecule has 2 aromatic rings. The van der Waals surface area contributed by atoms with E-state index in [4.69, 9.17) is 4.98 Å². The number of aromatic nitrogens is 1. The number of aromatic hydroxyl groups is 1. The van der Waals surface area contributed by atoms with E-state index in [1.54, 1.807) is 17.9 Å². The number of carboxylic acid groups (broad SMARTS) is 1. The van der Waals surface area contributed by atoms with E-state index in [-0.39, 0.29) is 23.1 Å². The molecule has 1 saturated heterocycles. The summed E-state index contributed by atoms with van der Waals surface area (Å²) in [6, 6.07) is 3.77. The lowest BCUT2D eigenvalue weighted by Crippen LogP contribution is -2.36. The molecule has 142 valence electrons. The Balaban J connectivity index is 1.84. The highest BCUT2D eigenvalue weighted by Crippen LogP contribution is 2.40. The smallest absolute Gasteiger partial charge is 0.340 e. The first kappa shape index (κ1) is 17.8. The van der Waals surface area contributed by atoms with Gasteiger partial charge in [0, 0.05) is 31.3 Å². The third-order valence-corrected chi connectivity index (χ3v) is 6.02. The Labute approximate surface area is 157 Å². The maximum atomic E-state index is 11.9. The van der Waals surface area contributed by atoms with Gasteiger partial charge in [-0.05, 0) is 49.7 Å². The van der Waals surface area contributed by atoms with Crippen molar-refractivity contribution in [1.82, 2.24) is 9.88 Å². The molecule has 0 radical (unpaired) electrons. The van der Waals surface area contributed by atoms with E-state index >= 15 is 0 Å². The second-order valence-corrected chi connectivity index (χ2v) is 7.61. The van der Waals surface area contributed by atoms with Crippen LogP contribution in [-0.4, -0.2) is 45.1 Å². The van der Waals surface area contributed by atoms with Gasteiger partial charge in [-0.2, -0.15) is 0 Å². The maximum absolute atomic E-state index is 11.9. The molecule has 6 heteroatoms. The maximum Gasteiger partial charge on any atom is 0.340 e. The molecule has 2 aliphatic rings. The molecule has 0 spiro atoms. The lowest BCUT2D eigenvalue weighted by molar-refractivity contribution is -0.129. The minimum Gasteiger partial charge on any atom is -0.505 e. The summed E-state index contributed by atoms with van der Waals surface area (Å²) in [4.78, 5) is 30.1. The van der Waals surface area contributed by atoms with E-state index in [0.717, 1.165) is 36.8 Å². The number of hydrogen-bond donors (Lipinski definition) is 2. The molecular formula is C21H24N2O4. The van der Waals surface area contributed by atoms with Crippen LogP contribution in [-0.2, 0) is 17.6 Å². The van der Waals surface area contributed by atoms with E-state index in [2.05, 4.69) is 0 Å². The number of piperidine rings is 1. The number of rotatable bonds is 2. The number of aromatic carboxylic acids is 1. The molecule has 27 heavy (non-hydrogen) atoms. The van der Waals surface area contributed by atoms with Gasteiger partial charge in [0.15, 0.2) is 5.75 Å². The summed E-state index contributed by atoms with van der Waals surface area (Å²) in [5, 5.41) is 21.0. The van der Waals surface area contributed by atoms with Gasteiger partial charge in [0.25, 0.3) is 0 Å². The number of pyridine rings is 1. The third kappa shape index (κ3) is 3.03. The topological polar surface area (TPSA) is 90.7 Å². The SMILES string of the molecule is CC(=O)N1CCC(c2nc3c4c(ccc3c(C(=O)O)c2O)CCCC4)CC1. The Kier molecular flexibility index (Phi) is 4.50. The van der Waals surface area contributed by atoms with E-state index in [1.165, 1.54) is 5.56 Å². The second kappa shape index (κ2) is 6.83. The van der Waals surface area contributed by atoms with Crippen LogP contribution < -0.4 is 0 Å². The Morgan fingerprint density at radius 1 is 1.15 bits per heavy atom. The van der Waals surface area contributed by atoms with Gasteiger partial charge in [0.1, 0.15) is 5.56 Å². The number of amides is 1. The highest BCUT2D eigenvalue weighted by Gasteiger charge is 2.30. The average molecular weight is 368 g/mol. The molecule has 1 fully saturated rings. The van der Waals surface area contributed by atoms with Crippen LogP contribution in [0, 0.1) is 0 Å².